The van der Waals surface area contributed by atoms with Gasteiger partial charge in [0, 0.05) is 0 Å². The highest BCUT2D eigenvalue weighted by Gasteiger charge is 2.20. The molecule has 0 aliphatic rings. The Balaban J connectivity index is 2.48. The summed E-state index contributed by atoms with van der Waals surface area (Å²) in [5.74, 6) is -1.18. The zero-order chi connectivity index (χ0) is 15.5. The molecular weight excluding hydrogens is 294 g/mol. The number of carboxylic acid groups (broad SMARTS) is 1. The Bertz CT molecular complexity index is 760. The maximum atomic E-state index is 12.4. The average Bonchev–Trinajstić information content (AvgIpc) is 2.47. The number of carboxylic acids is 1. The van der Waals surface area contributed by atoms with Gasteiger partial charge in [0.1, 0.15) is 6.33 Å². The fourth-order valence-corrected chi connectivity index (χ4v) is 3.16. The minimum atomic E-state index is -3.91. The van der Waals surface area contributed by atoms with Gasteiger partial charge in [0.15, 0.2) is 0 Å². The maximum Gasteiger partial charge on any atom is 0.335 e. The van der Waals surface area contributed by atoms with Crippen LogP contribution in [0.1, 0.15) is 22.8 Å². The Morgan fingerprint density at radius 1 is 1.29 bits per heavy atom. The fourth-order valence-electron chi connectivity index (χ4n) is 1.79. The van der Waals surface area contributed by atoms with Crippen LogP contribution in [0.3, 0.4) is 0 Å². The molecule has 1 aromatic heterocycles. The molecule has 8 heteroatoms. The molecule has 0 atom stereocenters. The van der Waals surface area contributed by atoms with Crippen molar-refractivity contribution in [2.75, 3.05) is 4.72 Å². The van der Waals surface area contributed by atoms with Crippen molar-refractivity contribution in [1.29, 1.82) is 0 Å². The van der Waals surface area contributed by atoms with Gasteiger partial charge in [0.05, 0.1) is 28.5 Å². The Kier molecular flexibility index (Phi) is 4.18. The number of benzene rings is 1. The highest BCUT2D eigenvalue weighted by Crippen LogP contribution is 2.21. The second-order valence-electron chi connectivity index (χ2n) is 4.21. The first-order valence-corrected chi connectivity index (χ1v) is 7.56. The van der Waals surface area contributed by atoms with Crippen molar-refractivity contribution in [3.63, 3.8) is 0 Å². The summed E-state index contributed by atoms with van der Waals surface area (Å²) in [6.07, 6.45) is 4.37. The highest BCUT2D eigenvalue weighted by molar-refractivity contribution is 7.92. The number of rotatable bonds is 5. The van der Waals surface area contributed by atoms with Crippen molar-refractivity contribution >= 4 is 21.7 Å². The molecule has 0 saturated heterocycles. The molecule has 0 bridgehead atoms. The summed E-state index contributed by atoms with van der Waals surface area (Å²) < 4.78 is 27.1. The molecular formula is C13H13N3O4S. The molecule has 1 heterocycles. The lowest BCUT2D eigenvalue weighted by atomic mass is 10.1. The Hall–Kier alpha value is -2.48. The number of carbonyl (C=O) groups is 1. The molecule has 7 nitrogen and oxygen atoms in total. The largest absolute Gasteiger partial charge is 0.478 e. The monoisotopic (exact) mass is 307 g/mol. The molecule has 0 fully saturated rings. The van der Waals surface area contributed by atoms with Crippen LogP contribution in [0.25, 0.3) is 0 Å². The topological polar surface area (TPSA) is 109 Å². The predicted octanol–water partition coefficient (Wildman–Crippen LogP) is 1.54. The van der Waals surface area contributed by atoms with Gasteiger partial charge >= 0.3 is 5.97 Å². The molecule has 2 aromatic rings. The van der Waals surface area contributed by atoms with Gasteiger partial charge in [0.25, 0.3) is 10.0 Å². The number of hydrogen-bond donors (Lipinski definition) is 2. The second-order valence-corrected chi connectivity index (χ2v) is 5.86. The molecule has 0 aliphatic carbocycles. The van der Waals surface area contributed by atoms with E-state index in [0.717, 1.165) is 6.07 Å². The SMILES string of the molecule is CCc1ccc(C(=O)O)cc1S(=O)(=O)Nc1cncnc1. The molecule has 0 radical (unpaired) electrons. The highest BCUT2D eigenvalue weighted by atomic mass is 32.2. The van der Waals surface area contributed by atoms with Gasteiger partial charge in [0.2, 0.25) is 0 Å². The summed E-state index contributed by atoms with van der Waals surface area (Å²) in [5, 5.41) is 8.99. The fraction of sp³-hybridized carbons (Fsp3) is 0.154. The third-order valence-electron chi connectivity index (χ3n) is 2.80. The molecule has 0 aliphatic heterocycles. The predicted molar refractivity (Wildman–Crippen MR) is 75.6 cm³/mol. The first-order valence-electron chi connectivity index (χ1n) is 6.08. The first kappa shape index (κ1) is 14.9. The van der Waals surface area contributed by atoms with Crippen molar-refractivity contribution in [2.45, 2.75) is 18.2 Å². The van der Waals surface area contributed by atoms with Crippen LogP contribution in [0.15, 0.2) is 41.8 Å². The number of anilines is 1. The van der Waals surface area contributed by atoms with Crippen LogP contribution in [0, 0.1) is 0 Å². The molecule has 0 unspecified atom stereocenters. The Labute approximate surface area is 121 Å². The summed E-state index contributed by atoms with van der Waals surface area (Å²) in [7, 11) is -3.91. The van der Waals surface area contributed by atoms with Crippen LogP contribution >= 0.6 is 0 Å². The second kappa shape index (κ2) is 5.88. The van der Waals surface area contributed by atoms with Gasteiger partial charge in [-0.15, -0.1) is 0 Å². The van der Waals surface area contributed by atoms with Crippen molar-refractivity contribution < 1.29 is 18.3 Å². The summed E-state index contributed by atoms with van der Waals surface area (Å²) >= 11 is 0. The average molecular weight is 307 g/mol. The number of aromatic nitrogens is 2. The zero-order valence-corrected chi connectivity index (χ0v) is 12.0. The van der Waals surface area contributed by atoms with Crippen molar-refractivity contribution in [3.05, 3.63) is 48.0 Å². The van der Waals surface area contributed by atoms with E-state index in [9.17, 15) is 13.2 Å². The van der Waals surface area contributed by atoms with Gasteiger partial charge in [-0.05, 0) is 24.1 Å². The molecule has 2 N–H and O–H groups in total. The molecule has 2 rings (SSSR count). The van der Waals surface area contributed by atoms with Gasteiger partial charge in [-0.25, -0.2) is 23.2 Å². The summed E-state index contributed by atoms with van der Waals surface area (Å²) in [5.41, 5.74) is 0.654. The molecule has 21 heavy (non-hydrogen) atoms. The van der Waals surface area contributed by atoms with E-state index >= 15 is 0 Å². The van der Waals surface area contributed by atoms with Gasteiger partial charge < -0.3 is 5.11 Å². The quantitative estimate of drug-likeness (QED) is 0.867. The van der Waals surface area contributed by atoms with E-state index in [1.165, 1.54) is 30.9 Å². The first-order chi connectivity index (χ1) is 9.94. The molecule has 0 amide bonds. The van der Waals surface area contributed by atoms with Gasteiger partial charge in [-0.1, -0.05) is 13.0 Å². The molecule has 0 spiro atoms. The normalized spacial score (nSPS) is 11.1. The Morgan fingerprint density at radius 2 is 1.95 bits per heavy atom. The van der Waals surface area contributed by atoms with Crippen LogP contribution in [0.2, 0.25) is 0 Å². The zero-order valence-electron chi connectivity index (χ0n) is 11.1. The lowest BCUT2D eigenvalue weighted by Crippen LogP contribution is -2.16. The lowest BCUT2D eigenvalue weighted by Gasteiger charge is -2.11. The van der Waals surface area contributed by atoms with Crippen LogP contribution in [-0.2, 0) is 16.4 Å². The summed E-state index contributed by atoms with van der Waals surface area (Å²) in [6.45, 7) is 1.79. The van der Waals surface area contributed by atoms with Gasteiger partial charge in [-0.3, -0.25) is 4.72 Å². The van der Waals surface area contributed by atoms with E-state index < -0.39 is 16.0 Å². The van der Waals surface area contributed by atoms with E-state index in [2.05, 4.69) is 14.7 Å². The maximum absolute atomic E-state index is 12.4. The minimum absolute atomic E-state index is 0.0613. The minimum Gasteiger partial charge on any atom is -0.478 e. The van der Waals surface area contributed by atoms with Crippen molar-refractivity contribution in [3.8, 4) is 0 Å². The van der Waals surface area contributed by atoms with Crippen LogP contribution < -0.4 is 4.72 Å². The Morgan fingerprint density at radius 3 is 2.52 bits per heavy atom. The van der Waals surface area contributed by atoms with Crippen molar-refractivity contribution in [1.82, 2.24) is 9.97 Å². The smallest absolute Gasteiger partial charge is 0.335 e. The van der Waals surface area contributed by atoms with Crippen LogP contribution in [-0.4, -0.2) is 29.5 Å². The molecule has 110 valence electrons. The third kappa shape index (κ3) is 3.34. The third-order valence-corrected chi connectivity index (χ3v) is 4.26. The number of aryl methyl sites for hydroxylation is 1. The number of nitrogens with zero attached hydrogens (tertiary/aromatic N) is 2. The lowest BCUT2D eigenvalue weighted by molar-refractivity contribution is 0.0696. The number of nitrogens with one attached hydrogen (secondary N) is 1. The standard InChI is InChI=1S/C13H13N3O4S/c1-2-9-3-4-10(13(17)18)5-12(9)21(19,20)16-11-6-14-8-15-7-11/h3-8,16H,2H2,1H3,(H,17,18). The van der Waals surface area contributed by atoms with Crippen LogP contribution in [0.5, 0.6) is 0 Å². The molecule has 0 saturated carbocycles. The van der Waals surface area contributed by atoms with Gasteiger partial charge in [-0.2, -0.15) is 0 Å². The van der Waals surface area contributed by atoms with E-state index in [1.807, 2.05) is 0 Å². The van der Waals surface area contributed by atoms with E-state index in [-0.39, 0.29) is 16.1 Å². The number of hydrogen-bond acceptors (Lipinski definition) is 5. The number of aromatic carboxylic acids is 1. The van der Waals surface area contributed by atoms with E-state index in [0.29, 0.717) is 12.0 Å². The van der Waals surface area contributed by atoms with Crippen LogP contribution in [0.4, 0.5) is 5.69 Å². The van der Waals surface area contributed by atoms with E-state index in [4.69, 9.17) is 5.11 Å². The summed E-state index contributed by atoms with van der Waals surface area (Å²) in [4.78, 5) is 18.4. The van der Waals surface area contributed by atoms with E-state index in [1.54, 1.807) is 6.92 Å². The number of sulfonamides is 1. The molecule has 1 aromatic carbocycles. The van der Waals surface area contributed by atoms with Crippen molar-refractivity contribution in [2.24, 2.45) is 0 Å². The summed E-state index contributed by atoms with van der Waals surface area (Å²) in [6, 6.07) is 4.03.